The fourth-order valence-electron chi connectivity index (χ4n) is 2.95. The molecule has 1 unspecified atom stereocenters. The fourth-order valence-corrected chi connectivity index (χ4v) is 2.95. The number of nitrogens with one attached hydrogen (secondary N) is 1. The molecular formula is C19H19FN2O2. The normalized spacial score (nSPS) is 17.4. The van der Waals surface area contributed by atoms with E-state index in [0.717, 1.165) is 18.5 Å². The van der Waals surface area contributed by atoms with Crippen LogP contribution < -0.4 is 5.32 Å². The largest absolute Gasteiger partial charge is 0.324 e. The summed E-state index contributed by atoms with van der Waals surface area (Å²) in [7, 11) is 0. The number of piperidine rings is 1. The summed E-state index contributed by atoms with van der Waals surface area (Å²) in [4.78, 5) is 26.6. The molecule has 5 heteroatoms. The molecule has 2 amide bonds. The molecule has 0 radical (unpaired) electrons. The summed E-state index contributed by atoms with van der Waals surface area (Å²) in [6.45, 7) is 1.01. The zero-order chi connectivity index (χ0) is 16.9. The summed E-state index contributed by atoms with van der Waals surface area (Å²) in [5, 5.41) is 2.84. The number of anilines is 1. The molecular weight excluding hydrogens is 307 g/mol. The number of amides is 2. The predicted octanol–water partition coefficient (Wildman–Crippen LogP) is 3.95. The molecule has 0 bridgehead atoms. The average molecular weight is 326 g/mol. The van der Waals surface area contributed by atoms with Crippen LogP contribution in [-0.2, 0) is 0 Å². The summed E-state index contributed by atoms with van der Waals surface area (Å²) < 4.78 is 13.0. The molecule has 1 saturated heterocycles. The Kier molecular flexibility index (Phi) is 4.89. The Balaban J connectivity index is 1.64. The maximum atomic E-state index is 13.0. The highest BCUT2D eigenvalue weighted by Crippen LogP contribution is 2.22. The van der Waals surface area contributed by atoms with E-state index < -0.39 is 0 Å². The number of para-hydroxylation sites is 1. The second-order valence-corrected chi connectivity index (χ2v) is 5.95. The second kappa shape index (κ2) is 7.25. The van der Waals surface area contributed by atoms with E-state index in [9.17, 15) is 14.0 Å². The molecule has 1 N–H and O–H groups in total. The number of nitrogens with zero attached hydrogens (tertiary/aromatic N) is 1. The number of hydrogen-bond donors (Lipinski definition) is 1. The Morgan fingerprint density at radius 1 is 1.04 bits per heavy atom. The van der Waals surface area contributed by atoms with E-state index in [2.05, 4.69) is 5.32 Å². The van der Waals surface area contributed by atoms with Gasteiger partial charge >= 0.3 is 6.03 Å². The maximum absolute atomic E-state index is 13.0. The highest BCUT2D eigenvalue weighted by molar-refractivity contribution is 5.98. The van der Waals surface area contributed by atoms with Gasteiger partial charge in [-0.2, -0.15) is 0 Å². The van der Waals surface area contributed by atoms with Crippen molar-refractivity contribution in [3.8, 4) is 0 Å². The molecule has 0 spiro atoms. The van der Waals surface area contributed by atoms with Crippen LogP contribution >= 0.6 is 0 Å². The van der Waals surface area contributed by atoms with Gasteiger partial charge in [0.25, 0.3) is 0 Å². The molecule has 2 aromatic rings. The smallest absolute Gasteiger partial charge is 0.321 e. The number of ketones is 1. The lowest BCUT2D eigenvalue weighted by atomic mass is 9.90. The fraction of sp³-hybridized carbons (Fsp3) is 0.263. The molecule has 3 rings (SSSR count). The van der Waals surface area contributed by atoms with Crippen molar-refractivity contribution in [2.24, 2.45) is 5.92 Å². The molecule has 0 saturated carbocycles. The van der Waals surface area contributed by atoms with Crippen molar-refractivity contribution in [1.29, 1.82) is 0 Å². The number of carbonyl (C=O) groups excluding carboxylic acids is 2. The van der Waals surface area contributed by atoms with Gasteiger partial charge in [0, 0.05) is 30.3 Å². The van der Waals surface area contributed by atoms with Crippen molar-refractivity contribution in [3.05, 3.63) is 66.0 Å². The number of halogens is 1. The van der Waals surface area contributed by atoms with Gasteiger partial charge in [-0.3, -0.25) is 4.79 Å². The lowest BCUT2D eigenvalue weighted by Gasteiger charge is -2.32. The van der Waals surface area contributed by atoms with Gasteiger partial charge in [-0.15, -0.1) is 0 Å². The Hall–Kier alpha value is -2.69. The standard InChI is InChI=1S/C19H19FN2O2/c20-16-10-8-14(9-11-16)18(23)15-5-4-12-22(13-15)19(24)21-17-6-2-1-3-7-17/h1-3,6-11,15H,4-5,12-13H2,(H,21,24). The van der Waals surface area contributed by atoms with Gasteiger partial charge in [0.05, 0.1) is 0 Å². The molecule has 1 fully saturated rings. The summed E-state index contributed by atoms with van der Waals surface area (Å²) in [6, 6.07) is 14.6. The van der Waals surface area contributed by atoms with Gasteiger partial charge in [0.2, 0.25) is 0 Å². The molecule has 1 heterocycles. The van der Waals surface area contributed by atoms with Crippen LogP contribution in [0, 0.1) is 11.7 Å². The Morgan fingerprint density at radius 2 is 1.75 bits per heavy atom. The number of benzene rings is 2. The van der Waals surface area contributed by atoms with Crippen molar-refractivity contribution in [1.82, 2.24) is 4.90 Å². The highest BCUT2D eigenvalue weighted by atomic mass is 19.1. The molecule has 1 aliphatic rings. The summed E-state index contributed by atoms with van der Waals surface area (Å²) in [5.74, 6) is -0.642. The van der Waals surface area contributed by atoms with E-state index >= 15 is 0 Å². The molecule has 1 atom stereocenters. The molecule has 0 aliphatic carbocycles. The minimum absolute atomic E-state index is 0.0350. The van der Waals surface area contributed by atoms with E-state index in [4.69, 9.17) is 0 Å². The lowest BCUT2D eigenvalue weighted by molar-refractivity contribution is 0.0851. The van der Waals surface area contributed by atoms with Crippen LogP contribution in [0.3, 0.4) is 0 Å². The topological polar surface area (TPSA) is 49.4 Å². The first-order chi connectivity index (χ1) is 11.6. The third-order valence-electron chi connectivity index (χ3n) is 4.23. The molecule has 0 aromatic heterocycles. The predicted molar refractivity (Wildman–Crippen MR) is 90.5 cm³/mol. The maximum Gasteiger partial charge on any atom is 0.321 e. The van der Waals surface area contributed by atoms with Gasteiger partial charge in [-0.05, 0) is 49.2 Å². The molecule has 124 valence electrons. The number of carbonyl (C=O) groups is 2. The van der Waals surface area contributed by atoms with E-state index in [1.54, 1.807) is 4.90 Å². The summed E-state index contributed by atoms with van der Waals surface area (Å²) >= 11 is 0. The van der Waals surface area contributed by atoms with Crippen molar-refractivity contribution in [2.75, 3.05) is 18.4 Å². The Labute approximate surface area is 140 Å². The van der Waals surface area contributed by atoms with Crippen LogP contribution in [0.5, 0.6) is 0 Å². The number of urea groups is 1. The Morgan fingerprint density at radius 3 is 2.46 bits per heavy atom. The number of hydrogen-bond acceptors (Lipinski definition) is 2. The van der Waals surface area contributed by atoms with Crippen LogP contribution in [0.15, 0.2) is 54.6 Å². The van der Waals surface area contributed by atoms with Crippen molar-refractivity contribution >= 4 is 17.5 Å². The van der Waals surface area contributed by atoms with Crippen LogP contribution in [0.25, 0.3) is 0 Å². The first-order valence-electron chi connectivity index (χ1n) is 8.04. The van der Waals surface area contributed by atoms with Crippen molar-refractivity contribution < 1.29 is 14.0 Å². The van der Waals surface area contributed by atoms with Gasteiger partial charge in [-0.25, -0.2) is 9.18 Å². The second-order valence-electron chi connectivity index (χ2n) is 5.95. The highest BCUT2D eigenvalue weighted by Gasteiger charge is 2.29. The third-order valence-corrected chi connectivity index (χ3v) is 4.23. The third kappa shape index (κ3) is 3.79. The first-order valence-corrected chi connectivity index (χ1v) is 8.04. The summed E-state index contributed by atoms with van der Waals surface area (Å²) in [6.07, 6.45) is 1.52. The monoisotopic (exact) mass is 326 g/mol. The van der Waals surface area contributed by atoms with Crippen molar-refractivity contribution in [2.45, 2.75) is 12.8 Å². The van der Waals surface area contributed by atoms with Gasteiger partial charge < -0.3 is 10.2 Å². The summed E-state index contributed by atoms with van der Waals surface area (Å²) in [5.41, 5.74) is 1.22. The van der Waals surface area contributed by atoms with Gasteiger partial charge in [0.1, 0.15) is 5.82 Å². The van der Waals surface area contributed by atoms with Crippen LogP contribution in [0.1, 0.15) is 23.2 Å². The average Bonchev–Trinajstić information content (AvgIpc) is 2.63. The molecule has 24 heavy (non-hydrogen) atoms. The number of Topliss-reactive ketones (excluding diaryl/α,β-unsaturated/α-hetero) is 1. The van der Waals surface area contributed by atoms with Crippen LogP contribution in [-0.4, -0.2) is 29.8 Å². The van der Waals surface area contributed by atoms with Gasteiger partial charge in [0.15, 0.2) is 5.78 Å². The zero-order valence-electron chi connectivity index (χ0n) is 13.2. The molecule has 4 nitrogen and oxygen atoms in total. The number of rotatable bonds is 3. The van der Waals surface area contributed by atoms with Crippen LogP contribution in [0.2, 0.25) is 0 Å². The molecule has 1 aliphatic heterocycles. The van der Waals surface area contributed by atoms with Crippen molar-refractivity contribution in [3.63, 3.8) is 0 Å². The number of likely N-dealkylation sites (tertiary alicyclic amines) is 1. The van der Waals surface area contributed by atoms with Crippen LogP contribution in [0.4, 0.5) is 14.9 Å². The minimum Gasteiger partial charge on any atom is -0.324 e. The zero-order valence-corrected chi connectivity index (χ0v) is 13.2. The van der Waals surface area contributed by atoms with E-state index in [0.29, 0.717) is 18.7 Å². The van der Waals surface area contributed by atoms with E-state index in [1.807, 2.05) is 30.3 Å². The lowest BCUT2D eigenvalue weighted by Crippen LogP contribution is -2.44. The molecule has 2 aromatic carbocycles. The SMILES string of the molecule is O=C(c1ccc(F)cc1)C1CCCN(C(=O)Nc2ccccc2)C1. The Bertz CT molecular complexity index is 716. The first kappa shape index (κ1) is 16.2. The quantitative estimate of drug-likeness (QED) is 0.868. The minimum atomic E-state index is -0.362. The van der Waals surface area contributed by atoms with E-state index in [-0.39, 0.29) is 23.5 Å². The van der Waals surface area contributed by atoms with Gasteiger partial charge in [-0.1, -0.05) is 18.2 Å². The van der Waals surface area contributed by atoms with E-state index in [1.165, 1.54) is 24.3 Å².